The second kappa shape index (κ2) is 5.97. The van der Waals surface area contributed by atoms with Gasteiger partial charge in [-0.1, -0.05) is 12.1 Å². The van der Waals surface area contributed by atoms with Gasteiger partial charge in [0.15, 0.2) is 0 Å². The van der Waals surface area contributed by atoms with Crippen molar-refractivity contribution in [1.82, 2.24) is 5.32 Å². The first kappa shape index (κ1) is 13.1. The predicted octanol–water partition coefficient (Wildman–Crippen LogP) is 2.08. The van der Waals surface area contributed by atoms with Crippen LogP contribution in [0.4, 0.5) is 4.39 Å². The molecule has 3 atom stereocenters. The van der Waals surface area contributed by atoms with Gasteiger partial charge in [0.2, 0.25) is 0 Å². The van der Waals surface area contributed by atoms with Crippen molar-refractivity contribution in [3.8, 4) is 0 Å². The molecule has 0 saturated heterocycles. The van der Waals surface area contributed by atoms with Gasteiger partial charge >= 0.3 is 0 Å². The average Bonchev–Trinajstić information content (AvgIpc) is 2.21. The first-order chi connectivity index (χ1) is 7.49. The summed E-state index contributed by atoms with van der Waals surface area (Å²) in [5, 5.41) is 3.42. The van der Waals surface area contributed by atoms with Crippen molar-refractivity contribution < 1.29 is 4.39 Å². The van der Waals surface area contributed by atoms with Gasteiger partial charge in [-0.3, -0.25) is 0 Å². The molecule has 0 bridgehead atoms. The Hall–Kier alpha value is -0.930. The summed E-state index contributed by atoms with van der Waals surface area (Å²) in [5.41, 5.74) is 6.92. The van der Waals surface area contributed by atoms with Gasteiger partial charge in [-0.05, 0) is 44.9 Å². The van der Waals surface area contributed by atoms with Crippen LogP contribution in [0.5, 0.6) is 0 Å². The molecule has 0 saturated carbocycles. The molecule has 0 spiro atoms. The van der Waals surface area contributed by atoms with Gasteiger partial charge in [0.05, 0.1) is 0 Å². The average molecular weight is 224 g/mol. The number of benzene rings is 1. The summed E-state index contributed by atoms with van der Waals surface area (Å²) < 4.78 is 12.7. The summed E-state index contributed by atoms with van der Waals surface area (Å²) in [6.45, 7) is 6.18. The molecular weight excluding hydrogens is 203 g/mol. The standard InChI is InChI=1S/C13H21FN2/c1-9(16-11(3)10(2)15)8-12-4-6-13(14)7-5-12/h4-7,9-11,16H,8,15H2,1-3H3. The smallest absolute Gasteiger partial charge is 0.123 e. The van der Waals surface area contributed by atoms with Crippen LogP contribution in [0.1, 0.15) is 26.3 Å². The van der Waals surface area contributed by atoms with Crippen LogP contribution >= 0.6 is 0 Å². The van der Waals surface area contributed by atoms with Crippen molar-refractivity contribution in [2.45, 2.75) is 45.3 Å². The highest BCUT2D eigenvalue weighted by molar-refractivity contribution is 5.17. The molecule has 1 aromatic rings. The zero-order valence-electron chi connectivity index (χ0n) is 10.2. The normalized spacial score (nSPS) is 16.8. The number of nitrogens with one attached hydrogen (secondary N) is 1. The lowest BCUT2D eigenvalue weighted by atomic mass is 10.1. The van der Waals surface area contributed by atoms with Gasteiger partial charge in [-0.15, -0.1) is 0 Å². The van der Waals surface area contributed by atoms with Crippen molar-refractivity contribution in [1.29, 1.82) is 0 Å². The molecule has 0 aromatic heterocycles. The summed E-state index contributed by atoms with van der Waals surface area (Å²) in [6, 6.07) is 7.40. The van der Waals surface area contributed by atoms with Crippen LogP contribution < -0.4 is 11.1 Å². The third-order valence-corrected chi connectivity index (χ3v) is 2.79. The van der Waals surface area contributed by atoms with Crippen molar-refractivity contribution in [3.63, 3.8) is 0 Å². The van der Waals surface area contributed by atoms with Crippen molar-refractivity contribution in [3.05, 3.63) is 35.6 Å². The SMILES string of the molecule is CC(Cc1ccc(F)cc1)NC(C)C(C)N. The molecule has 0 amide bonds. The molecule has 0 aliphatic carbocycles. The highest BCUT2D eigenvalue weighted by Gasteiger charge is 2.11. The zero-order chi connectivity index (χ0) is 12.1. The molecule has 90 valence electrons. The van der Waals surface area contributed by atoms with E-state index in [1.807, 2.05) is 19.1 Å². The van der Waals surface area contributed by atoms with Gasteiger partial charge in [-0.2, -0.15) is 0 Å². The van der Waals surface area contributed by atoms with Crippen LogP contribution in [-0.4, -0.2) is 18.1 Å². The molecule has 0 aliphatic heterocycles. The predicted molar refractivity (Wildman–Crippen MR) is 65.8 cm³/mol. The van der Waals surface area contributed by atoms with E-state index < -0.39 is 0 Å². The van der Waals surface area contributed by atoms with E-state index in [0.717, 1.165) is 12.0 Å². The van der Waals surface area contributed by atoms with Gasteiger partial charge in [0.1, 0.15) is 5.82 Å². The topological polar surface area (TPSA) is 38.0 Å². The maximum absolute atomic E-state index is 12.7. The van der Waals surface area contributed by atoms with Gasteiger partial charge in [-0.25, -0.2) is 4.39 Å². The molecule has 3 heteroatoms. The Morgan fingerprint density at radius 3 is 2.25 bits per heavy atom. The largest absolute Gasteiger partial charge is 0.327 e. The Bertz CT molecular complexity index is 308. The number of nitrogens with two attached hydrogens (primary N) is 1. The van der Waals surface area contributed by atoms with Crippen molar-refractivity contribution >= 4 is 0 Å². The van der Waals surface area contributed by atoms with Crippen molar-refractivity contribution in [2.75, 3.05) is 0 Å². The molecule has 1 rings (SSSR count). The molecule has 0 fully saturated rings. The second-order valence-corrected chi connectivity index (χ2v) is 4.55. The molecular formula is C13H21FN2. The van der Waals surface area contributed by atoms with E-state index in [-0.39, 0.29) is 17.9 Å². The van der Waals surface area contributed by atoms with Gasteiger partial charge in [0, 0.05) is 18.1 Å². The Morgan fingerprint density at radius 2 is 1.75 bits per heavy atom. The van der Waals surface area contributed by atoms with Crippen LogP contribution in [0.15, 0.2) is 24.3 Å². The Labute approximate surface area is 97.0 Å². The van der Waals surface area contributed by atoms with Crippen LogP contribution in [0.2, 0.25) is 0 Å². The lowest BCUT2D eigenvalue weighted by Gasteiger charge is -2.22. The molecule has 3 unspecified atom stereocenters. The maximum atomic E-state index is 12.7. The third kappa shape index (κ3) is 4.29. The highest BCUT2D eigenvalue weighted by atomic mass is 19.1. The lowest BCUT2D eigenvalue weighted by Crippen LogP contribution is -2.45. The molecule has 16 heavy (non-hydrogen) atoms. The third-order valence-electron chi connectivity index (χ3n) is 2.79. The molecule has 3 N–H and O–H groups in total. The summed E-state index contributed by atoms with van der Waals surface area (Å²) in [5.74, 6) is -0.187. The van der Waals surface area contributed by atoms with E-state index in [1.165, 1.54) is 12.1 Å². The van der Waals surface area contributed by atoms with E-state index in [1.54, 1.807) is 0 Å². The summed E-state index contributed by atoms with van der Waals surface area (Å²) in [6.07, 6.45) is 0.886. The molecule has 0 heterocycles. The van der Waals surface area contributed by atoms with E-state index >= 15 is 0 Å². The van der Waals surface area contributed by atoms with Crippen LogP contribution in [0.25, 0.3) is 0 Å². The minimum absolute atomic E-state index is 0.135. The summed E-state index contributed by atoms with van der Waals surface area (Å²) in [4.78, 5) is 0. The summed E-state index contributed by atoms with van der Waals surface area (Å²) in [7, 11) is 0. The summed E-state index contributed by atoms with van der Waals surface area (Å²) >= 11 is 0. The number of hydrogen-bond donors (Lipinski definition) is 2. The minimum Gasteiger partial charge on any atom is -0.327 e. The fourth-order valence-corrected chi connectivity index (χ4v) is 1.63. The Balaban J connectivity index is 2.45. The fourth-order valence-electron chi connectivity index (χ4n) is 1.63. The van der Waals surface area contributed by atoms with Gasteiger partial charge in [0.25, 0.3) is 0 Å². The van der Waals surface area contributed by atoms with E-state index in [2.05, 4.69) is 19.2 Å². The van der Waals surface area contributed by atoms with E-state index in [0.29, 0.717) is 6.04 Å². The quantitative estimate of drug-likeness (QED) is 0.803. The van der Waals surface area contributed by atoms with E-state index in [4.69, 9.17) is 5.73 Å². The monoisotopic (exact) mass is 224 g/mol. The van der Waals surface area contributed by atoms with Crippen molar-refractivity contribution in [2.24, 2.45) is 5.73 Å². The Kier molecular flexibility index (Phi) is 4.90. The van der Waals surface area contributed by atoms with Crippen LogP contribution in [-0.2, 0) is 6.42 Å². The Morgan fingerprint density at radius 1 is 1.19 bits per heavy atom. The number of rotatable bonds is 5. The van der Waals surface area contributed by atoms with Crippen LogP contribution in [0, 0.1) is 5.82 Å². The molecule has 1 aromatic carbocycles. The molecule has 0 radical (unpaired) electrons. The fraction of sp³-hybridized carbons (Fsp3) is 0.538. The second-order valence-electron chi connectivity index (χ2n) is 4.55. The number of halogens is 1. The lowest BCUT2D eigenvalue weighted by molar-refractivity contribution is 0.420. The first-order valence-electron chi connectivity index (χ1n) is 5.75. The minimum atomic E-state index is -0.187. The maximum Gasteiger partial charge on any atom is 0.123 e. The zero-order valence-corrected chi connectivity index (χ0v) is 10.2. The van der Waals surface area contributed by atoms with E-state index in [9.17, 15) is 4.39 Å². The molecule has 0 aliphatic rings. The van der Waals surface area contributed by atoms with Crippen LogP contribution in [0.3, 0.4) is 0 Å². The number of hydrogen-bond acceptors (Lipinski definition) is 2. The molecule has 2 nitrogen and oxygen atoms in total. The van der Waals surface area contributed by atoms with Gasteiger partial charge < -0.3 is 11.1 Å². The first-order valence-corrected chi connectivity index (χ1v) is 5.75. The highest BCUT2D eigenvalue weighted by Crippen LogP contribution is 2.06.